The molecule has 8 aromatic rings. The third-order valence-electron chi connectivity index (χ3n) is 10.2. The van der Waals surface area contributed by atoms with Crippen LogP contribution in [0.15, 0.2) is 182 Å². The van der Waals surface area contributed by atoms with Gasteiger partial charge >= 0.3 is 0 Å². The van der Waals surface area contributed by atoms with Gasteiger partial charge in [-0.2, -0.15) is 0 Å². The average molecular weight is 629 g/mol. The van der Waals surface area contributed by atoms with Crippen LogP contribution in [0, 0.1) is 0 Å². The molecule has 0 radical (unpaired) electrons. The molecule has 0 saturated heterocycles. The van der Waals surface area contributed by atoms with E-state index in [2.05, 4.69) is 205 Å². The van der Waals surface area contributed by atoms with Crippen LogP contribution in [0.25, 0.3) is 50.1 Å². The standard InChI is InChI=1S/C47H36N2/c1-47(2)43-21-13-12-20-41(43)46-45(47)42-31-30-40(32-44(42)49(46)37-18-10-5-11-19-37)48(38-26-22-35(23-27-38)33-14-6-3-7-15-33)39-28-24-36(25-29-39)34-16-8-4-9-17-34/h3-32H,1-2H3. The van der Waals surface area contributed by atoms with E-state index in [1.54, 1.807) is 0 Å². The maximum absolute atomic E-state index is 2.48. The largest absolute Gasteiger partial charge is 0.310 e. The van der Waals surface area contributed by atoms with E-state index in [0.29, 0.717) is 0 Å². The molecular formula is C47H36N2. The van der Waals surface area contributed by atoms with Gasteiger partial charge in [0.15, 0.2) is 0 Å². The lowest BCUT2D eigenvalue weighted by atomic mass is 9.81. The zero-order valence-corrected chi connectivity index (χ0v) is 27.7. The van der Waals surface area contributed by atoms with E-state index in [1.807, 2.05) is 0 Å². The number of fused-ring (bicyclic) bond motifs is 5. The number of para-hydroxylation sites is 1. The first-order valence-electron chi connectivity index (χ1n) is 17.0. The van der Waals surface area contributed by atoms with Gasteiger partial charge in [0.2, 0.25) is 0 Å². The molecule has 2 heteroatoms. The van der Waals surface area contributed by atoms with Crippen molar-refractivity contribution in [3.8, 4) is 39.2 Å². The fourth-order valence-corrected chi connectivity index (χ4v) is 7.83. The van der Waals surface area contributed by atoms with Crippen molar-refractivity contribution < 1.29 is 0 Å². The van der Waals surface area contributed by atoms with Crippen molar-refractivity contribution >= 4 is 28.0 Å². The second-order valence-corrected chi connectivity index (χ2v) is 13.4. The molecule has 0 spiro atoms. The summed E-state index contributed by atoms with van der Waals surface area (Å²) in [6.07, 6.45) is 0. The summed E-state index contributed by atoms with van der Waals surface area (Å²) in [5.74, 6) is 0. The van der Waals surface area contributed by atoms with Gasteiger partial charge < -0.3 is 9.47 Å². The Balaban J connectivity index is 1.25. The fourth-order valence-electron chi connectivity index (χ4n) is 7.83. The third-order valence-corrected chi connectivity index (χ3v) is 10.2. The normalized spacial score (nSPS) is 12.9. The zero-order chi connectivity index (χ0) is 33.0. The Morgan fingerprint density at radius 1 is 0.449 bits per heavy atom. The molecule has 1 aliphatic rings. The van der Waals surface area contributed by atoms with E-state index < -0.39 is 0 Å². The molecule has 1 aromatic heterocycles. The second kappa shape index (κ2) is 11.5. The Hall–Kier alpha value is -6.12. The molecule has 1 aliphatic carbocycles. The molecule has 7 aromatic carbocycles. The molecule has 0 atom stereocenters. The molecule has 0 N–H and O–H groups in total. The van der Waals surface area contributed by atoms with Gasteiger partial charge in [-0.25, -0.2) is 0 Å². The van der Waals surface area contributed by atoms with Crippen LogP contribution in [0.5, 0.6) is 0 Å². The molecule has 0 saturated carbocycles. The van der Waals surface area contributed by atoms with Gasteiger partial charge in [0.1, 0.15) is 0 Å². The lowest BCUT2D eigenvalue weighted by Crippen LogP contribution is -2.14. The van der Waals surface area contributed by atoms with E-state index >= 15 is 0 Å². The van der Waals surface area contributed by atoms with Gasteiger partial charge in [0.05, 0.1) is 11.2 Å². The minimum atomic E-state index is -0.119. The average Bonchev–Trinajstić information content (AvgIpc) is 3.63. The van der Waals surface area contributed by atoms with Crippen LogP contribution >= 0.6 is 0 Å². The molecule has 0 bridgehead atoms. The van der Waals surface area contributed by atoms with Crippen LogP contribution in [0.4, 0.5) is 17.1 Å². The molecule has 0 unspecified atom stereocenters. The van der Waals surface area contributed by atoms with Gasteiger partial charge in [-0.1, -0.05) is 147 Å². The van der Waals surface area contributed by atoms with Gasteiger partial charge in [0.25, 0.3) is 0 Å². The van der Waals surface area contributed by atoms with E-state index in [-0.39, 0.29) is 5.41 Å². The Morgan fingerprint density at radius 3 is 1.49 bits per heavy atom. The first kappa shape index (κ1) is 29.1. The van der Waals surface area contributed by atoms with Crippen molar-refractivity contribution in [2.24, 2.45) is 0 Å². The number of hydrogen-bond acceptors (Lipinski definition) is 1. The molecular weight excluding hydrogens is 593 g/mol. The van der Waals surface area contributed by atoms with E-state index in [0.717, 1.165) is 17.1 Å². The molecule has 234 valence electrons. The molecule has 0 aliphatic heterocycles. The molecule has 0 amide bonds. The predicted octanol–water partition coefficient (Wildman–Crippen LogP) is 12.7. The lowest BCUT2D eigenvalue weighted by Gasteiger charge is -2.27. The van der Waals surface area contributed by atoms with Crippen molar-refractivity contribution in [3.05, 3.63) is 193 Å². The SMILES string of the molecule is CC1(C)c2ccccc2-c2c1c1ccc(N(c3ccc(-c4ccccc4)cc3)c3ccc(-c4ccccc4)cc3)cc1n2-c1ccccc1. The summed E-state index contributed by atoms with van der Waals surface area (Å²) in [4.78, 5) is 2.38. The van der Waals surface area contributed by atoms with Gasteiger partial charge in [0, 0.05) is 39.1 Å². The highest BCUT2D eigenvalue weighted by atomic mass is 15.1. The molecule has 0 fully saturated rings. The van der Waals surface area contributed by atoms with Gasteiger partial charge in [-0.05, 0) is 81.9 Å². The summed E-state index contributed by atoms with van der Waals surface area (Å²) in [5, 5.41) is 1.29. The highest BCUT2D eigenvalue weighted by Crippen LogP contribution is 2.54. The van der Waals surface area contributed by atoms with E-state index in [9.17, 15) is 0 Å². The van der Waals surface area contributed by atoms with E-state index in [1.165, 1.54) is 61.2 Å². The summed E-state index contributed by atoms with van der Waals surface area (Å²) in [7, 11) is 0. The predicted molar refractivity (Wildman–Crippen MR) is 206 cm³/mol. The number of aromatic nitrogens is 1. The van der Waals surface area contributed by atoms with Crippen LogP contribution in [0.3, 0.4) is 0 Å². The number of anilines is 3. The fraction of sp³-hybridized carbons (Fsp3) is 0.0638. The van der Waals surface area contributed by atoms with Gasteiger partial charge in [-0.3, -0.25) is 0 Å². The Bertz CT molecular complexity index is 2340. The summed E-state index contributed by atoms with van der Waals surface area (Å²) in [6, 6.07) is 65.9. The van der Waals surface area contributed by atoms with Crippen LogP contribution in [-0.2, 0) is 5.41 Å². The number of benzene rings is 7. The molecule has 2 nitrogen and oxygen atoms in total. The summed E-state index contributed by atoms with van der Waals surface area (Å²) in [5.41, 5.74) is 15.8. The number of rotatable bonds is 6. The molecule has 49 heavy (non-hydrogen) atoms. The van der Waals surface area contributed by atoms with Crippen LogP contribution in [0.2, 0.25) is 0 Å². The van der Waals surface area contributed by atoms with E-state index in [4.69, 9.17) is 0 Å². The zero-order valence-electron chi connectivity index (χ0n) is 27.7. The third kappa shape index (κ3) is 4.79. The first-order valence-corrected chi connectivity index (χ1v) is 17.0. The second-order valence-electron chi connectivity index (χ2n) is 13.4. The van der Waals surface area contributed by atoms with Crippen molar-refractivity contribution in [3.63, 3.8) is 0 Å². The maximum Gasteiger partial charge on any atom is 0.0585 e. The lowest BCUT2D eigenvalue weighted by molar-refractivity contribution is 0.666. The van der Waals surface area contributed by atoms with Gasteiger partial charge in [-0.15, -0.1) is 0 Å². The maximum atomic E-state index is 2.48. The van der Waals surface area contributed by atoms with Crippen LogP contribution in [0.1, 0.15) is 25.0 Å². The van der Waals surface area contributed by atoms with Crippen LogP contribution in [-0.4, -0.2) is 4.57 Å². The van der Waals surface area contributed by atoms with Crippen molar-refractivity contribution in [1.29, 1.82) is 0 Å². The van der Waals surface area contributed by atoms with Crippen LogP contribution < -0.4 is 4.90 Å². The quantitative estimate of drug-likeness (QED) is 0.178. The summed E-state index contributed by atoms with van der Waals surface area (Å²) < 4.78 is 2.48. The van der Waals surface area contributed by atoms with Crippen molar-refractivity contribution in [2.75, 3.05) is 4.90 Å². The topological polar surface area (TPSA) is 8.17 Å². The summed E-state index contributed by atoms with van der Waals surface area (Å²) >= 11 is 0. The Kier molecular flexibility index (Phi) is 6.84. The summed E-state index contributed by atoms with van der Waals surface area (Å²) in [6.45, 7) is 4.74. The van der Waals surface area contributed by atoms with Crippen molar-refractivity contribution in [2.45, 2.75) is 19.3 Å². The Labute approximate surface area is 288 Å². The monoisotopic (exact) mass is 628 g/mol. The minimum absolute atomic E-state index is 0.119. The Morgan fingerprint density at radius 2 is 0.918 bits per heavy atom. The van der Waals surface area contributed by atoms with Crippen molar-refractivity contribution in [1.82, 2.24) is 4.57 Å². The highest BCUT2D eigenvalue weighted by molar-refractivity contribution is 6.01. The highest BCUT2D eigenvalue weighted by Gasteiger charge is 2.40. The molecule has 9 rings (SSSR count). The number of nitrogens with zero attached hydrogens (tertiary/aromatic N) is 2. The smallest absolute Gasteiger partial charge is 0.0585 e. The number of hydrogen-bond donors (Lipinski definition) is 0. The molecule has 1 heterocycles. The first-order chi connectivity index (χ1) is 24.1. The minimum Gasteiger partial charge on any atom is -0.310 e.